The van der Waals surface area contributed by atoms with Crippen LogP contribution in [0.1, 0.15) is 112 Å². The van der Waals surface area contributed by atoms with Crippen LogP contribution in [0.5, 0.6) is 0 Å². The van der Waals surface area contributed by atoms with Crippen molar-refractivity contribution in [2.75, 3.05) is 6.61 Å². The lowest BCUT2D eigenvalue weighted by molar-refractivity contribution is 0.341. The van der Waals surface area contributed by atoms with Crippen LogP contribution in [0.4, 0.5) is 0 Å². The van der Waals surface area contributed by atoms with E-state index in [1.54, 1.807) is 0 Å². The van der Waals surface area contributed by atoms with E-state index in [0.29, 0.717) is 0 Å². The highest BCUT2D eigenvalue weighted by Crippen LogP contribution is 2.22. The molecule has 154 valence electrons. The molecule has 0 aromatic heterocycles. The Labute approximate surface area is 165 Å². The van der Waals surface area contributed by atoms with Gasteiger partial charge in [-0.1, -0.05) is 95.9 Å². The minimum absolute atomic E-state index is 0.170. The highest BCUT2D eigenvalue weighted by Gasteiger charge is 2.06. The Balaban J connectivity index is 3.69. The van der Waals surface area contributed by atoms with E-state index >= 15 is 0 Å². The molecule has 0 radical (unpaired) electrons. The Morgan fingerprint density at radius 1 is 0.692 bits per heavy atom. The first-order valence-corrected chi connectivity index (χ1v) is 11.3. The fourth-order valence-electron chi connectivity index (χ4n) is 3.61. The average Bonchev–Trinajstić information content (AvgIpc) is 2.54. The van der Waals surface area contributed by atoms with Crippen molar-refractivity contribution in [1.29, 1.82) is 0 Å². The zero-order valence-electron chi connectivity index (χ0n) is 18.8. The average molecular weight is 365 g/mol. The Hall–Kier alpha value is -0.560. The molecule has 2 atom stereocenters. The van der Waals surface area contributed by atoms with Crippen molar-refractivity contribution in [3.8, 4) is 0 Å². The minimum Gasteiger partial charge on any atom is -0.392 e. The predicted molar refractivity (Wildman–Crippen MR) is 119 cm³/mol. The Bertz CT molecular complexity index is 378. The van der Waals surface area contributed by atoms with Crippen molar-refractivity contribution in [3.63, 3.8) is 0 Å². The van der Waals surface area contributed by atoms with Crippen molar-refractivity contribution in [3.05, 3.63) is 23.3 Å². The van der Waals surface area contributed by atoms with Gasteiger partial charge in [-0.2, -0.15) is 0 Å². The molecule has 0 amide bonds. The van der Waals surface area contributed by atoms with Crippen LogP contribution in [0.3, 0.4) is 0 Å². The number of aliphatic hydroxyl groups is 1. The van der Waals surface area contributed by atoms with Gasteiger partial charge in [0.25, 0.3) is 0 Å². The predicted octanol–water partition coefficient (Wildman–Crippen LogP) is 8.09. The number of hydrogen-bond donors (Lipinski definition) is 1. The second-order valence-electron chi connectivity index (χ2n) is 9.18. The molecule has 0 saturated heterocycles. The largest absolute Gasteiger partial charge is 0.392 e. The van der Waals surface area contributed by atoms with Crippen LogP contribution in [-0.4, -0.2) is 11.7 Å². The zero-order chi connectivity index (χ0) is 19.8. The summed E-state index contributed by atoms with van der Waals surface area (Å²) < 4.78 is 0. The van der Waals surface area contributed by atoms with Gasteiger partial charge in [0.05, 0.1) is 6.61 Å². The lowest BCUT2D eigenvalue weighted by Gasteiger charge is -2.15. The second kappa shape index (κ2) is 16.6. The summed E-state index contributed by atoms with van der Waals surface area (Å²) in [4.78, 5) is 0. The minimum atomic E-state index is 0.170. The van der Waals surface area contributed by atoms with E-state index in [9.17, 15) is 0 Å². The van der Waals surface area contributed by atoms with E-state index in [0.717, 1.165) is 30.6 Å². The summed E-state index contributed by atoms with van der Waals surface area (Å²) in [5.41, 5.74) is 2.83. The standard InChI is InChI=1S/C25H48O/c1-21(2)11-7-12-22(3)13-8-14-23(4)15-9-16-24(5)17-10-18-25(6)19-20-26/h17,19,21-23,26H,7-16,18,20H2,1-6H3. The first-order valence-electron chi connectivity index (χ1n) is 11.3. The molecule has 0 aliphatic carbocycles. The lowest BCUT2D eigenvalue weighted by atomic mass is 9.91. The van der Waals surface area contributed by atoms with Crippen molar-refractivity contribution in [1.82, 2.24) is 0 Å². The summed E-state index contributed by atoms with van der Waals surface area (Å²) in [6.07, 6.45) is 18.9. The molecule has 0 spiro atoms. The molecule has 0 fully saturated rings. The van der Waals surface area contributed by atoms with Gasteiger partial charge in [0.15, 0.2) is 0 Å². The molecular weight excluding hydrogens is 316 g/mol. The first kappa shape index (κ1) is 25.4. The van der Waals surface area contributed by atoms with Crippen molar-refractivity contribution in [2.24, 2.45) is 17.8 Å². The normalized spacial score (nSPS) is 15.5. The van der Waals surface area contributed by atoms with Crippen LogP contribution in [0.25, 0.3) is 0 Å². The van der Waals surface area contributed by atoms with Gasteiger partial charge in [-0.3, -0.25) is 0 Å². The van der Waals surface area contributed by atoms with Gasteiger partial charge in [0.1, 0.15) is 0 Å². The zero-order valence-corrected chi connectivity index (χ0v) is 18.8. The number of allylic oxidation sites excluding steroid dienone is 3. The van der Waals surface area contributed by atoms with Crippen molar-refractivity contribution in [2.45, 2.75) is 112 Å². The number of aliphatic hydroxyl groups excluding tert-OH is 1. The molecule has 0 aliphatic rings. The Morgan fingerprint density at radius 2 is 1.19 bits per heavy atom. The van der Waals surface area contributed by atoms with Crippen molar-refractivity contribution >= 4 is 0 Å². The van der Waals surface area contributed by atoms with E-state index in [4.69, 9.17) is 5.11 Å². The fourth-order valence-corrected chi connectivity index (χ4v) is 3.61. The van der Waals surface area contributed by atoms with Gasteiger partial charge in [-0.05, 0) is 57.3 Å². The van der Waals surface area contributed by atoms with Gasteiger partial charge < -0.3 is 5.11 Å². The van der Waals surface area contributed by atoms with Crippen LogP contribution in [0.2, 0.25) is 0 Å². The molecule has 0 aromatic carbocycles. The van der Waals surface area contributed by atoms with Crippen LogP contribution in [0, 0.1) is 17.8 Å². The molecule has 0 saturated carbocycles. The molecule has 0 bridgehead atoms. The summed E-state index contributed by atoms with van der Waals surface area (Å²) in [7, 11) is 0. The molecule has 1 nitrogen and oxygen atoms in total. The maximum atomic E-state index is 8.87. The van der Waals surface area contributed by atoms with Crippen molar-refractivity contribution < 1.29 is 5.11 Å². The Kier molecular flexibility index (Phi) is 16.2. The third-order valence-electron chi connectivity index (χ3n) is 5.61. The molecule has 1 heteroatoms. The fraction of sp³-hybridized carbons (Fsp3) is 0.840. The highest BCUT2D eigenvalue weighted by atomic mass is 16.2. The van der Waals surface area contributed by atoms with Gasteiger partial charge in [-0.25, -0.2) is 0 Å². The van der Waals surface area contributed by atoms with E-state index < -0.39 is 0 Å². The van der Waals surface area contributed by atoms with E-state index in [2.05, 4.69) is 47.6 Å². The SMILES string of the molecule is CC(=CCO)CCC=C(C)CCCC(C)CCCC(C)CCCC(C)C. The highest BCUT2D eigenvalue weighted by molar-refractivity contribution is 5.03. The van der Waals surface area contributed by atoms with E-state index in [1.165, 1.54) is 68.9 Å². The van der Waals surface area contributed by atoms with Gasteiger partial charge in [-0.15, -0.1) is 0 Å². The van der Waals surface area contributed by atoms with Crippen LogP contribution in [0.15, 0.2) is 23.3 Å². The van der Waals surface area contributed by atoms with E-state index in [-0.39, 0.29) is 6.61 Å². The quantitative estimate of drug-likeness (QED) is 0.274. The lowest BCUT2D eigenvalue weighted by Crippen LogP contribution is -2.00. The topological polar surface area (TPSA) is 20.2 Å². The summed E-state index contributed by atoms with van der Waals surface area (Å²) in [6, 6.07) is 0. The third-order valence-corrected chi connectivity index (χ3v) is 5.61. The maximum Gasteiger partial charge on any atom is 0.0614 e. The van der Waals surface area contributed by atoms with E-state index in [1.807, 2.05) is 6.08 Å². The van der Waals surface area contributed by atoms with Crippen LogP contribution < -0.4 is 0 Å². The molecule has 0 heterocycles. The Morgan fingerprint density at radius 3 is 1.73 bits per heavy atom. The molecule has 0 rings (SSSR count). The summed E-state index contributed by atoms with van der Waals surface area (Å²) >= 11 is 0. The number of rotatable bonds is 16. The molecule has 2 unspecified atom stereocenters. The molecule has 0 aromatic rings. The molecular formula is C25H48O. The van der Waals surface area contributed by atoms with Crippen LogP contribution in [-0.2, 0) is 0 Å². The number of hydrogen-bond acceptors (Lipinski definition) is 1. The monoisotopic (exact) mass is 364 g/mol. The smallest absolute Gasteiger partial charge is 0.0614 e. The third kappa shape index (κ3) is 16.9. The van der Waals surface area contributed by atoms with Gasteiger partial charge >= 0.3 is 0 Å². The first-order chi connectivity index (χ1) is 12.3. The maximum absolute atomic E-state index is 8.87. The van der Waals surface area contributed by atoms with Crippen LogP contribution >= 0.6 is 0 Å². The molecule has 1 N–H and O–H groups in total. The van der Waals surface area contributed by atoms with Gasteiger partial charge in [0, 0.05) is 0 Å². The molecule has 0 aliphatic heterocycles. The second-order valence-corrected chi connectivity index (χ2v) is 9.18. The summed E-state index contributed by atoms with van der Waals surface area (Å²) in [6.45, 7) is 14.1. The van der Waals surface area contributed by atoms with Gasteiger partial charge in [0.2, 0.25) is 0 Å². The summed E-state index contributed by atoms with van der Waals surface area (Å²) in [5.74, 6) is 2.65. The molecule has 26 heavy (non-hydrogen) atoms. The summed E-state index contributed by atoms with van der Waals surface area (Å²) in [5, 5.41) is 8.87.